The highest BCUT2D eigenvalue weighted by Gasteiger charge is 1.94. The largest absolute Gasteiger partial charge is 0.359 e. The average molecular weight is 363 g/mol. The fourth-order valence-corrected chi connectivity index (χ4v) is 1.24. The first-order valence-electron chi connectivity index (χ1n) is 8.51. The number of Topliss-reactive ketones (excluding diaryl/α,β-unsaturated/α-hetero) is 2. The van der Waals surface area contributed by atoms with Crippen molar-refractivity contribution in [1.29, 1.82) is 0 Å². The first-order valence-corrected chi connectivity index (χ1v) is 8.51. The molecule has 2 aromatic carbocycles. The zero-order valence-electron chi connectivity index (χ0n) is 17.0. The van der Waals surface area contributed by atoms with Gasteiger partial charge >= 0.3 is 0 Å². The van der Waals surface area contributed by atoms with Crippen molar-refractivity contribution in [3.05, 3.63) is 72.8 Å². The molecule has 0 saturated carbocycles. The molecule has 0 radical (unpaired) electrons. The monoisotopic (exact) mass is 362 g/mol. The van der Waals surface area contributed by atoms with Crippen molar-refractivity contribution in [2.24, 2.45) is 0 Å². The molecule has 4 nitrogen and oxygen atoms in total. The third-order valence-corrected chi connectivity index (χ3v) is 2.07. The van der Waals surface area contributed by atoms with E-state index in [0.29, 0.717) is 6.79 Å². The van der Waals surface area contributed by atoms with E-state index < -0.39 is 0 Å². The summed E-state index contributed by atoms with van der Waals surface area (Å²) in [6, 6.07) is 24.0. The summed E-state index contributed by atoms with van der Waals surface area (Å²) < 4.78 is 8.94. The van der Waals surface area contributed by atoms with Crippen molar-refractivity contribution in [3.8, 4) is 0 Å². The second-order valence-corrected chi connectivity index (χ2v) is 4.59. The zero-order valence-corrected chi connectivity index (χ0v) is 17.0. The van der Waals surface area contributed by atoms with E-state index in [-0.39, 0.29) is 18.0 Å². The van der Waals surface area contributed by atoms with Gasteiger partial charge in [0.15, 0.2) is 0 Å². The van der Waals surface area contributed by atoms with Gasteiger partial charge in [-0.25, -0.2) is 0 Å². The Morgan fingerprint density at radius 2 is 0.769 bits per heavy atom. The molecule has 26 heavy (non-hydrogen) atoms. The van der Waals surface area contributed by atoms with Crippen molar-refractivity contribution < 1.29 is 19.1 Å². The fourth-order valence-electron chi connectivity index (χ4n) is 1.24. The van der Waals surface area contributed by atoms with E-state index in [1.54, 1.807) is 14.2 Å². The summed E-state index contributed by atoms with van der Waals surface area (Å²) in [5.74, 6) is -0.125. The van der Waals surface area contributed by atoms with Crippen molar-refractivity contribution in [2.45, 2.75) is 34.1 Å². The van der Waals surface area contributed by atoms with Crippen LogP contribution in [-0.4, -0.2) is 32.6 Å². The highest BCUT2D eigenvalue weighted by molar-refractivity contribution is 5.96. The van der Waals surface area contributed by atoms with Gasteiger partial charge in [-0.2, -0.15) is 0 Å². The second kappa shape index (κ2) is 27.5. The molecule has 0 heterocycles. The molecule has 0 saturated heterocycles. The van der Waals surface area contributed by atoms with E-state index in [4.69, 9.17) is 0 Å². The highest BCUT2D eigenvalue weighted by Crippen LogP contribution is 1.81. The molecular formula is C22H34O4. The summed E-state index contributed by atoms with van der Waals surface area (Å²) in [6.45, 7) is 7.20. The Morgan fingerprint density at radius 3 is 0.808 bits per heavy atom. The van der Waals surface area contributed by atoms with Crippen LogP contribution in [0.3, 0.4) is 0 Å². The van der Waals surface area contributed by atoms with E-state index in [1.807, 2.05) is 86.6 Å². The van der Waals surface area contributed by atoms with Gasteiger partial charge in [0, 0.05) is 14.2 Å². The molecule has 0 aromatic heterocycles. The van der Waals surface area contributed by atoms with Gasteiger partial charge in [-0.05, 0) is 13.8 Å². The maximum atomic E-state index is 10.0. The Bertz CT molecular complexity index is 385. The summed E-state index contributed by atoms with van der Waals surface area (Å²) in [7, 11) is 3.17. The van der Waals surface area contributed by atoms with Crippen LogP contribution in [0.4, 0.5) is 0 Å². The van der Waals surface area contributed by atoms with E-state index in [2.05, 4.69) is 9.47 Å². The van der Waals surface area contributed by atoms with Crippen LogP contribution in [-0.2, 0) is 19.1 Å². The number of carbonyl (C=O) groups is 2. The van der Waals surface area contributed by atoms with Gasteiger partial charge in [-0.1, -0.05) is 86.6 Å². The smallest absolute Gasteiger partial charge is 0.145 e. The maximum absolute atomic E-state index is 10.0. The number of methoxy groups -OCH3 is 2. The minimum Gasteiger partial charge on any atom is -0.359 e. The highest BCUT2D eigenvalue weighted by atomic mass is 16.6. The SMILES string of the molecule is CC.CC(=O)CC(C)=O.COCOC.c1ccccc1.c1ccccc1. The summed E-state index contributed by atoms with van der Waals surface area (Å²) in [5.41, 5.74) is 0. The van der Waals surface area contributed by atoms with Crippen LogP contribution in [0.2, 0.25) is 0 Å². The van der Waals surface area contributed by atoms with Crippen LogP contribution in [0.25, 0.3) is 0 Å². The Balaban J connectivity index is -0.000000264. The molecule has 0 unspecified atom stereocenters. The molecule has 0 atom stereocenters. The molecule has 0 aliphatic carbocycles. The van der Waals surface area contributed by atoms with Crippen LogP contribution in [0.15, 0.2) is 72.8 Å². The molecule has 4 heteroatoms. The van der Waals surface area contributed by atoms with Crippen LogP contribution in [0, 0.1) is 0 Å². The zero-order chi connectivity index (χ0) is 20.5. The lowest BCUT2D eigenvalue weighted by atomic mass is 10.2. The van der Waals surface area contributed by atoms with E-state index in [9.17, 15) is 9.59 Å². The molecule has 146 valence electrons. The van der Waals surface area contributed by atoms with Gasteiger partial charge in [-0.15, -0.1) is 0 Å². The lowest BCUT2D eigenvalue weighted by Crippen LogP contribution is -1.97. The third kappa shape index (κ3) is 37.7. The van der Waals surface area contributed by atoms with Gasteiger partial charge in [0.05, 0.1) is 6.42 Å². The van der Waals surface area contributed by atoms with E-state index in [0.717, 1.165) is 0 Å². The fraction of sp³-hybridized carbons (Fsp3) is 0.364. The summed E-state index contributed by atoms with van der Waals surface area (Å²) in [5, 5.41) is 0. The maximum Gasteiger partial charge on any atom is 0.145 e. The minimum absolute atomic E-state index is 0.0625. The van der Waals surface area contributed by atoms with Crippen LogP contribution >= 0.6 is 0 Å². The molecule has 0 amide bonds. The van der Waals surface area contributed by atoms with Crippen molar-refractivity contribution in [1.82, 2.24) is 0 Å². The van der Waals surface area contributed by atoms with Crippen molar-refractivity contribution in [2.75, 3.05) is 21.0 Å². The van der Waals surface area contributed by atoms with Gasteiger partial charge in [0.1, 0.15) is 18.4 Å². The molecule has 2 rings (SSSR count). The minimum atomic E-state index is -0.0625. The summed E-state index contributed by atoms with van der Waals surface area (Å²) >= 11 is 0. The molecule has 0 spiro atoms. The van der Waals surface area contributed by atoms with Crippen LogP contribution < -0.4 is 0 Å². The number of benzene rings is 2. The van der Waals surface area contributed by atoms with Crippen molar-refractivity contribution >= 4 is 11.6 Å². The second-order valence-electron chi connectivity index (χ2n) is 4.59. The van der Waals surface area contributed by atoms with Crippen LogP contribution in [0.5, 0.6) is 0 Å². The Hall–Kier alpha value is -2.30. The van der Waals surface area contributed by atoms with Gasteiger partial charge in [0.25, 0.3) is 0 Å². The Kier molecular flexibility index (Phi) is 30.2. The lowest BCUT2D eigenvalue weighted by molar-refractivity contribution is -0.124. The van der Waals surface area contributed by atoms with Crippen LogP contribution in [0.1, 0.15) is 34.1 Å². The topological polar surface area (TPSA) is 52.6 Å². The van der Waals surface area contributed by atoms with Gasteiger partial charge in [-0.3, -0.25) is 9.59 Å². The number of hydrogen-bond acceptors (Lipinski definition) is 4. The number of carbonyl (C=O) groups excluding carboxylic acids is 2. The molecule has 0 N–H and O–H groups in total. The summed E-state index contributed by atoms with van der Waals surface area (Å²) in [6.07, 6.45) is 0.0833. The Labute approximate surface area is 159 Å². The van der Waals surface area contributed by atoms with Gasteiger partial charge < -0.3 is 9.47 Å². The number of ether oxygens (including phenoxy) is 2. The van der Waals surface area contributed by atoms with E-state index >= 15 is 0 Å². The molecule has 0 aliphatic rings. The normalized spacial score (nSPS) is 7.77. The third-order valence-electron chi connectivity index (χ3n) is 2.07. The lowest BCUT2D eigenvalue weighted by Gasteiger charge is -1.87. The standard InChI is InChI=1S/2C6H6.C5H8O2.C3H8O2.C2H6/c2*1-2-4-6-5-3-1;1-4(6)3-5(2)7;1-4-3-5-2;1-2/h2*1-6H;3H2,1-2H3;3H2,1-2H3;1-2H3. The van der Waals surface area contributed by atoms with Crippen molar-refractivity contribution in [3.63, 3.8) is 0 Å². The first kappa shape index (κ1) is 28.5. The number of hydrogen-bond donors (Lipinski definition) is 0. The molecule has 2 aromatic rings. The molecule has 0 bridgehead atoms. The predicted molar refractivity (Wildman–Crippen MR) is 109 cm³/mol. The summed E-state index contributed by atoms with van der Waals surface area (Å²) in [4.78, 5) is 20.1. The number of ketones is 2. The average Bonchev–Trinajstić information content (AvgIpc) is 2.67. The molecular weight excluding hydrogens is 328 g/mol. The van der Waals surface area contributed by atoms with E-state index in [1.165, 1.54) is 13.8 Å². The Morgan fingerprint density at radius 1 is 0.577 bits per heavy atom. The first-order chi connectivity index (χ1) is 12.5. The predicted octanol–water partition coefficient (Wildman–Crippen LogP) is 5.19. The van der Waals surface area contributed by atoms with Gasteiger partial charge in [0.2, 0.25) is 0 Å². The number of rotatable bonds is 4. The molecule has 0 aliphatic heterocycles. The molecule has 0 fully saturated rings. The quantitative estimate of drug-likeness (QED) is 0.555.